The second-order valence-corrected chi connectivity index (χ2v) is 14.2. The number of carbonyl (C=O) groups excluding carboxylic acids is 2. The number of benzene rings is 2. The Morgan fingerprint density at radius 2 is 1.67 bits per heavy atom. The first-order chi connectivity index (χ1) is 26.6. The fourth-order valence-corrected chi connectivity index (χ4v) is 7.56. The molecule has 17 heteroatoms. The first-order valence-electron chi connectivity index (χ1n) is 18.2. The molecule has 0 spiro atoms. The Morgan fingerprint density at radius 3 is 2.33 bits per heavy atom. The maximum absolute atomic E-state index is 12.8. The Bertz CT molecular complexity index is 2060. The van der Waals surface area contributed by atoms with Crippen molar-refractivity contribution in [1.82, 2.24) is 39.6 Å². The van der Waals surface area contributed by atoms with Gasteiger partial charge in [-0.2, -0.15) is 9.97 Å². The zero-order valence-corrected chi connectivity index (χ0v) is 30.8. The molecular weight excluding hydrogens is 728 g/mol. The number of phenolic OH excluding ortho intramolecular Hbond substituents is 2. The lowest BCUT2D eigenvalue weighted by atomic mass is 9.91. The van der Waals surface area contributed by atoms with Crippen LogP contribution in [0, 0.1) is 0 Å². The number of pyridine rings is 1. The van der Waals surface area contributed by atoms with Crippen molar-refractivity contribution in [3.8, 4) is 11.5 Å². The SMILES string of the molecule is CCC(=O)N(Cl)[C@H]1C[C@@H](n2cnc3c(NCC(c4ccc(O)cc4)c4ccc(O)cc4)nc(N4CC[C@@H](NC(=O)NCc5ccccn5)C4)nc32)[C@H](O)[C@@H]1O. The molecule has 5 aromatic rings. The van der Waals surface area contributed by atoms with E-state index in [1.807, 2.05) is 47.4 Å². The predicted octanol–water partition coefficient (Wildman–Crippen LogP) is 3.38. The highest BCUT2D eigenvalue weighted by molar-refractivity contribution is 6.21. The van der Waals surface area contributed by atoms with E-state index in [2.05, 4.69) is 25.9 Å². The molecule has 0 bridgehead atoms. The molecular formula is C38H43ClN10O6. The van der Waals surface area contributed by atoms with Gasteiger partial charge in [0, 0.05) is 56.0 Å². The first kappa shape index (κ1) is 37.6. The summed E-state index contributed by atoms with van der Waals surface area (Å²) in [5.74, 6) is 0.442. The van der Waals surface area contributed by atoms with Gasteiger partial charge in [-0.15, -0.1) is 0 Å². The zero-order valence-electron chi connectivity index (χ0n) is 30.0. The molecule has 16 nitrogen and oxygen atoms in total. The average Bonchev–Trinajstić information content (AvgIpc) is 3.92. The molecule has 1 saturated heterocycles. The highest BCUT2D eigenvalue weighted by Gasteiger charge is 2.47. The molecule has 7 N–H and O–H groups in total. The van der Waals surface area contributed by atoms with Gasteiger partial charge in [-0.05, 0) is 60.4 Å². The van der Waals surface area contributed by atoms with E-state index >= 15 is 0 Å². The molecule has 2 aromatic carbocycles. The number of hydrogen-bond donors (Lipinski definition) is 7. The van der Waals surface area contributed by atoms with Crippen molar-refractivity contribution in [2.24, 2.45) is 0 Å². The number of aliphatic hydroxyl groups excluding tert-OH is 2. The lowest BCUT2D eigenvalue weighted by molar-refractivity contribution is -0.129. The fourth-order valence-electron chi connectivity index (χ4n) is 7.24. The highest BCUT2D eigenvalue weighted by Crippen LogP contribution is 2.38. The van der Waals surface area contributed by atoms with Crippen molar-refractivity contribution in [3.63, 3.8) is 0 Å². The number of rotatable bonds is 12. The predicted molar refractivity (Wildman–Crippen MR) is 205 cm³/mol. The van der Waals surface area contributed by atoms with Crippen molar-refractivity contribution in [2.45, 2.75) is 69.0 Å². The number of urea groups is 1. The number of aliphatic hydroxyl groups is 2. The van der Waals surface area contributed by atoms with Gasteiger partial charge in [-0.1, -0.05) is 37.3 Å². The van der Waals surface area contributed by atoms with Gasteiger partial charge in [0.05, 0.1) is 30.6 Å². The Kier molecular flexibility index (Phi) is 11.2. The van der Waals surface area contributed by atoms with Gasteiger partial charge in [0.1, 0.15) is 23.7 Å². The van der Waals surface area contributed by atoms with Crippen LogP contribution < -0.4 is 20.9 Å². The van der Waals surface area contributed by atoms with Crippen molar-refractivity contribution in [2.75, 3.05) is 29.9 Å². The van der Waals surface area contributed by atoms with Crippen LogP contribution in [0.4, 0.5) is 16.6 Å². The van der Waals surface area contributed by atoms with Crippen molar-refractivity contribution < 1.29 is 30.0 Å². The van der Waals surface area contributed by atoms with Crippen molar-refractivity contribution >= 4 is 46.6 Å². The number of phenols is 2. The summed E-state index contributed by atoms with van der Waals surface area (Å²) < 4.78 is 2.66. The molecule has 3 aromatic heterocycles. The van der Waals surface area contributed by atoms with E-state index in [1.54, 1.807) is 42.0 Å². The Morgan fingerprint density at radius 1 is 0.964 bits per heavy atom. The standard InChI is InChI=1S/C38H43ClN10O6/c1-2-31(52)49(39)30-17-29(33(53)34(30)54)48-21-43-32-35(41-19-28(22-6-10-26(50)11-7-22)23-8-12-27(51)13-9-23)45-37(46-36(32)48)47-16-14-25(20-47)44-38(55)42-18-24-5-3-4-15-40-24/h3-13,15,21,25,28-30,33-34,50-51,53-54H,2,14,16-20H2,1H3,(H,41,45,46)(H2,42,44,55)/t25-,29-,30+,33+,34-/m1/s1. The Labute approximate surface area is 321 Å². The van der Waals surface area contributed by atoms with Crippen LogP contribution in [0.2, 0.25) is 0 Å². The van der Waals surface area contributed by atoms with E-state index < -0.39 is 24.3 Å². The number of fused-ring (bicyclic) bond motifs is 1. The largest absolute Gasteiger partial charge is 0.508 e. The van der Waals surface area contributed by atoms with Crippen LogP contribution in [0.15, 0.2) is 79.3 Å². The molecule has 4 heterocycles. The minimum absolute atomic E-state index is 0.135. The quantitative estimate of drug-likeness (QED) is 0.0910. The van der Waals surface area contributed by atoms with E-state index in [0.29, 0.717) is 49.0 Å². The summed E-state index contributed by atoms with van der Waals surface area (Å²) in [6.07, 6.45) is 1.55. The maximum Gasteiger partial charge on any atom is 0.315 e. The minimum atomic E-state index is -1.31. The number of halogens is 1. The van der Waals surface area contributed by atoms with Crippen LogP contribution in [0.25, 0.3) is 11.2 Å². The molecule has 55 heavy (non-hydrogen) atoms. The van der Waals surface area contributed by atoms with Gasteiger partial charge in [0.15, 0.2) is 17.0 Å². The molecule has 0 radical (unpaired) electrons. The van der Waals surface area contributed by atoms with Crippen LogP contribution in [0.5, 0.6) is 11.5 Å². The molecule has 1 aliphatic heterocycles. The van der Waals surface area contributed by atoms with Crippen LogP contribution >= 0.6 is 11.8 Å². The molecule has 1 aliphatic carbocycles. The molecule has 7 rings (SSSR count). The number of imidazole rings is 1. The van der Waals surface area contributed by atoms with Gasteiger partial charge in [-0.3, -0.25) is 9.78 Å². The number of carbonyl (C=O) groups is 2. The number of nitrogens with zero attached hydrogens (tertiary/aromatic N) is 7. The highest BCUT2D eigenvalue weighted by atomic mass is 35.5. The van der Waals surface area contributed by atoms with E-state index in [9.17, 15) is 30.0 Å². The number of nitrogens with one attached hydrogen (secondary N) is 3. The third-order valence-corrected chi connectivity index (χ3v) is 10.7. The van der Waals surface area contributed by atoms with E-state index in [4.69, 9.17) is 21.7 Å². The molecule has 0 unspecified atom stereocenters. The molecule has 288 valence electrons. The van der Waals surface area contributed by atoms with Gasteiger partial charge in [0.2, 0.25) is 11.9 Å². The summed E-state index contributed by atoms with van der Waals surface area (Å²) in [6.45, 7) is 3.26. The normalized spacial score (nSPS) is 20.9. The average molecular weight is 771 g/mol. The number of hydrogen-bond acceptors (Lipinski definition) is 12. The van der Waals surface area contributed by atoms with Crippen LogP contribution in [-0.2, 0) is 11.3 Å². The van der Waals surface area contributed by atoms with E-state index in [-0.39, 0.29) is 54.8 Å². The second-order valence-electron chi connectivity index (χ2n) is 13.8. The summed E-state index contributed by atoms with van der Waals surface area (Å²) in [5.41, 5.74) is 3.36. The van der Waals surface area contributed by atoms with Crippen LogP contribution in [0.3, 0.4) is 0 Å². The topological polar surface area (TPSA) is 214 Å². The number of amides is 3. The van der Waals surface area contributed by atoms with Crippen molar-refractivity contribution in [3.05, 3.63) is 96.1 Å². The number of aromatic hydroxyl groups is 2. The molecule has 1 saturated carbocycles. The van der Waals surface area contributed by atoms with Gasteiger partial charge >= 0.3 is 6.03 Å². The third kappa shape index (κ3) is 8.21. The lowest BCUT2D eigenvalue weighted by Crippen LogP contribution is -2.43. The lowest BCUT2D eigenvalue weighted by Gasteiger charge is -2.23. The summed E-state index contributed by atoms with van der Waals surface area (Å²) in [7, 11) is 0. The van der Waals surface area contributed by atoms with Gasteiger partial charge in [0.25, 0.3) is 0 Å². The van der Waals surface area contributed by atoms with Gasteiger partial charge in [-0.25, -0.2) is 14.2 Å². The van der Waals surface area contributed by atoms with E-state index in [0.717, 1.165) is 21.2 Å². The maximum atomic E-state index is 12.8. The molecule has 2 fully saturated rings. The first-order valence-corrected chi connectivity index (χ1v) is 18.5. The van der Waals surface area contributed by atoms with Gasteiger partial charge < -0.3 is 45.8 Å². The number of anilines is 2. The smallest absolute Gasteiger partial charge is 0.315 e. The number of aromatic nitrogens is 5. The van der Waals surface area contributed by atoms with Crippen LogP contribution in [0.1, 0.15) is 55.0 Å². The summed E-state index contributed by atoms with van der Waals surface area (Å²) >= 11 is 6.35. The summed E-state index contributed by atoms with van der Waals surface area (Å²) in [5, 5.41) is 51.6. The fraction of sp³-hybridized carbons (Fsp3) is 0.368. The van der Waals surface area contributed by atoms with E-state index in [1.165, 1.54) is 6.33 Å². The Balaban J connectivity index is 1.18. The zero-order chi connectivity index (χ0) is 38.6. The molecule has 2 aliphatic rings. The summed E-state index contributed by atoms with van der Waals surface area (Å²) in [6, 6.07) is 17.2. The van der Waals surface area contributed by atoms with Crippen LogP contribution in [-0.4, -0.2) is 105 Å². The second kappa shape index (κ2) is 16.3. The van der Waals surface area contributed by atoms with Crippen molar-refractivity contribution in [1.29, 1.82) is 0 Å². The molecule has 3 amide bonds. The third-order valence-electron chi connectivity index (χ3n) is 10.2. The summed E-state index contributed by atoms with van der Waals surface area (Å²) in [4.78, 5) is 46.0. The molecule has 5 atom stereocenters. The Hall–Kier alpha value is -5.71. The monoisotopic (exact) mass is 770 g/mol. The minimum Gasteiger partial charge on any atom is -0.508 e.